The predicted molar refractivity (Wildman–Crippen MR) is 117 cm³/mol. The summed E-state index contributed by atoms with van der Waals surface area (Å²) in [5.41, 5.74) is 13.3. The molecule has 2 aromatic carbocycles. The highest BCUT2D eigenvalue weighted by Gasteiger charge is 2.08. The van der Waals surface area contributed by atoms with Crippen LogP contribution in [-0.2, 0) is 9.59 Å². The Kier molecular flexibility index (Phi) is 7.42. The zero-order valence-corrected chi connectivity index (χ0v) is 17.9. The third-order valence-electron chi connectivity index (χ3n) is 4.56. The smallest absolute Gasteiger partial charge is 0.249 e. The monoisotopic (exact) mass is 392 g/mol. The Balaban J connectivity index is 1.88. The van der Waals surface area contributed by atoms with Crippen LogP contribution in [0.4, 0.5) is 0 Å². The molecule has 0 aliphatic heterocycles. The first kappa shape index (κ1) is 22.0. The summed E-state index contributed by atoms with van der Waals surface area (Å²) in [7, 11) is 0. The van der Waals surface area contributed by atoms with Crippen LogP contribution in [0.25, 0.3) is 0 Å². The van der Waals surface area contributed by atoms with Crippen molar-refractivity contribution in [3.63, 3.8) is 0 Å². The molecule has 0 aliphatic rings. The van der Waals surface area contributed by atoms with E-state index < -0.39 is 11.8 Å². The Hall–Kier alpha value is -3.28. The molecule has 0 spiro atoms. The molecule has 6 heteroatoms. The number of carbonyl (C=O) groups is 2. The normalized spacial score (nSPS) is 11.2. The number of hydrogen-bond donors (Lipinski definition) is 2. The molecular formula is C23H28N4O2. The van der Waals surface area contributed by atoms with E-state index in [1.54, 1.807) is 12.4 Å². The van der Waals surface area contributed by atoms with Crippen molar-refractivity contribution in [2.24, 2.45) is 10.2 Å². The zero-order valence-electron chi connectivity index (χ0n) is 17.9. The minimum absolute atomic E-state index is 0.355. The number of hydrazone groups is 2. The van der Waals surface area contributed by atoms with E-state index in [1.807, 2.05) is 41.5 Å². The molecule has 0 unspecified atom stereocenters. The van der Waals surface area contributed by atoms with Crippen molar-refractivity contribution in [3.05, 3.63) is 68.8 Å². The number of amides is 2. The van der Waals surface area contributed by atoms with Gasteiger partial charge in [0.2, 0.25) is 11.8 Å². The summed E-state index contributed by atoms with van der Waals surface area (Å²) < 4.78 is 0. The first-order valence-corrected chi connectivity index (χ1v) is 9.47. The lowest BCUT2D eigenvalue weighted by molar-refractivity contribution is -0.129. The van der Waals surface area contributed by atoms with Crippen molar-refractivity contribution >= 4 is 24.2 Å². The Bertz CT molecular complexity index is 865. The lowest BCUT2D eigenvalue weighted by Gasteiger charge is -2.07. The summed E-state index contributed by atoms with van der Waals surface area (Å²) in [5, 5.41) is 7.92. The van der Waals surface area contributed by atoms with Gasteiger partial charge in [-0.15, -0.1) is 0 Å². The zero-order chi connectivity index (χ0) is 21.6. The Morgan fingerprint density at radius 2 is 1.00 bits per heavy atom. The van der Waals surface area contributed by atoms with Gasteiger partial charge >= 0.3 is 0 Å². The molecule has 0 saturated carbocycles. The van der Waals surface area contributed by atoms with Crippen LogP contribution in [-0.4, -0.2) is 24.2 Å². The van der Waals surface area contributed by atoms with Gasteiger partial charge in [-0.05, 0) is 63.8 Å². The van der Waals surface area contributed by atoms with Gasteiger partial charge < -0.3 is 0 Å². The average Bonchev–Trinajstić information content (AvgIpc) is 2.59. The topological polar surface area (TPSA) is 82.9 Å². The van der Waals surface area contributed by atoms with E-state index in [1.165, 1.54) is 11.1 Å². The number of rotatable bonds is 6. The van der Waals surface area contributed by atoms with E-state index in [0.717, 1.165) is 33.4 Å². The molecule has 0 fully saturated rings. The van der Waals surface area contributed by atoms with Crippen LogP contribution in [0.2, 0.25) is 0 Å². The number of benzene rings is 2. The standard InChI is InChI=1S/C23H28N4O2/c1-14-7-16(3)20(17(4)8-14)12-24-26-22(28)11-23(29)27-25-13-21-18(5)9-15(2)10-19(21)6/h7-10,12-13H,11H2,1-6H3,(H,26,28)(H,27,29). The van der Waals surface area contributed by atoms with Gasteiger partial charge in [0, 0.05) is 11.1 Å². The van der Waals surface area contributed by atoms with E-state index >= 15 is 0 Å². The predicted octanol–water partition coefficient (Wildman–Crippen LogP) is 3.53. The summed E-state index contributed by atoms with van der Waals surface area (Å²) in [6.45, 7) is 12.0. The molecule has 0 atom stereocenters. The van der Waals surface area contributed by atoms with E-state index in [9.17, 15) is 9.59 Å². The van der Waals surface area contributed by atoms with Gasteiger partial charge in [-0.25, -0.2) is 10.9 Å². The number of carbonyl (C=O) groups excluding carboxylic acids is 2. The maximum absolute atomic E-state index is 11.9. The van der Waals surface area contributed by atoms with Crippen LogP contribution >= 0.6 is 0 Å². The van der Waals surface area contributed by atoms with Gasteiger partial charge in [-0.3, -0.25) is 9.59 Å². The van der Waals surface area contributed by atoms with Crippen LogP contribution in [0, 0.1) is 41.5 Å². The van der Waals surface area contributed by atoms with Gasteiger partial charge in [-0.1, -0.05) is 35.4 Å². The van der Waals surface area contributed by atoms with Crippen molar-refractivity contribution in [2.45, 2.75) is 48.0 Å². The van der Waals surface area contributed by atoms with Crippen molar-refractivity contribution in [3.8, 4) is 0 Å². The first-order chi connectivity index (χ1) is 13.7. The Morgan fingerprint density at radius 1 is 0.690 bits per heavy atom. The molecule has 6 nitrogen and oxygen atoms in total. The van der Waals surface area contributed by atoms with E-state index in [-0.39, 0.29) is 6.42 Å². The minimum atomic E-state index is -0.501. The lowest BCUT2D eigenvalue weighted by atomic mass is 10.0. The van der Waals surface area contributed by atoms with Crippen molar-refractivity contribution < 1.29 is 9.59 Å². The molecule has 2 aromatic rings. The minimum Gasteiger partial charge on any atom is -0.273 e. The van der Waals surface area contributed by atoms with Crippen LogP contribution < -0.4 is 10.9 Å². The Labute approximate surface area is 172 Å². The molecule has 2 rings (SSSR count). The third kappa shape index (κ3) is 6.38. The molecule has 2 N–H and O–H groups in total. The fourth-order valence-corrected chi connectivity index (χ4v) is 3.35. The molecule has 0 radical (unpaired) electrons. The van der Waals surface area contributed by atoms with E-state index in [0.29, 0.717) is 0 Å². The van der Waals surface area contributed by atoms with Crippen LogP contribution in [0.15, 0.2) is 34.5 Å². The molecule has 152 valence electrons. The van der Waals surface area contributed by atoms with Crippen LogP contribution in [0.1, 0.15) is 50.9 Å². The third-order valence-corrected chi connectivity index (χ3v) is 4.56. The van der Waals surface area contributed by atoms with Crippen LogP contribution in [0.3, 0.4) is 0 Å². The summed E-state index contributed by atoms with van der Waals surface area (Å²) in [4.78, 5) is 23.8. The van der Waals surface area contributed by atoms with Crippen molar-refractivity contribution in [2.75, 3.05) is 0 Å². The highest BCUT2D eigenvalue weighted by atomic mass is 16.2. The molecule has 0 bridgehead atoms. The van der Waals surface area contributed by atoms with Gasteiger partial charge in [0.05, 0.1) is 12.4 Å². The SMILES string of the molecule is Cc1cc(C)c(C=NNC(=O)CC(=O)NN=Cc2c(C)cc(C)cc2C)c(C)c1. The quantitative estimate of drug-likeness (QED) is 0.448. The molecule has 0 saturated heterocycles. The van der Waals surface area contributed by atoms with Gasteiger partial charge in [0.15, 0.2) is 0 Å². The molecule has 0 aliphatic carbocycles. The number of aryl methyl sites for hydroxylation is 6. The number of nitrogens with zero attached hydrogens (tertiary/aromatic N) is 2. The Morgan fingerprint density at radius 3 is 1.31 bits per heavy atom. The highest BCUT2D eigenvalue weighted by molar-refractivity contribution is 5.97. The second kappa shape index (κ2) is 9.78. The van der Waals surface area contributed by atoms with Crippen molar-refractivity contribution in [1.82, 2.24) is 10.9 Å². The number of hydrogen-bond acceptors (Lipinski definition) is 4. The van der Waals surface area contributed by atoms with Crippen molar-refractivity contribution in [1.29, 1.82) is 0 Å². The summed E-state index contributed by atoms with van der Waals surface area (Å²) >= 11 is 0. The fourth-order valence-electron chi connectivity index (χ4n) is 3.35. The van der Waals surface area contributed by atoms with E-state index in [4.69, 9.17) is 0 Å². The molecule has 29 heavy (non-hydrogen) atoms. The highest BCUT2D eigenvalue weighted by Crippen LogP contribution is 2.15. The number of nitrogens with one attached hydrogen (secondary N) is 2. The maximum Gasteiger partial charge on any atom is 0.249 e. The fraction of sp³-hybridized carbons (Fsp3) is 0.304. The molecule has 0 aromatic heterocycles. The first-order valence-electron chi connectivity index (χ1n) is 9.47. The summed E-state index contributed by atoms with van der Waals surface area (Å²) in [6.07, 6.45) is 2.84. The lowest BCUT2D eigenvalue weighted by Crippen LogP contribution is -2.27. The molecular weight excluding hydrogens is 364 g/mol. The van der Waals surface area contributed by atoms with E-state index in [2.05, 4.69) is 45.3 Å². The molecule has 0 heterocycles. The second-order valence-electron chi connectivity index (χ2n) is 7.39. The second-order valence-corrected chi connectivity index (χ2v) is 7.39. The molecule has 2 amide bonds. The van der Waals surface area contributed by atoms with Gasteiger partial charge in [-0.2, -0.15) is 10.2 Å². The van der Waals surface area contributed by atoms with Crippen LogP contribution in [0.5, 0.6) is 0 Å². The average molecular weight is 393 g/mol. The van der Waals surface area contributed by atoms with Gasteiger partial charge in [0.25, 0.3) is 0 Å². The summed E-state index contributed by atoms with van der Waals surface area (Å²) in [5.74, 6) is -1.00. The largest absolute Gasteiger partial charge is 0.273 e. The van der Waals surface area contributed by atoms with Gasteiger partial charge in [0.1, 0.15) is 6.42 Å². The maximum atomic E-state index is 11.9. The summed E-state index contributed by atoms with van der Waals surface area (Å²) in [6, 6.07) is 8.22.